The SMILES string of the molecule is CC(C)(C)NCc1csc(N(Cc2ccsc2)C2CC2)n1. The Kier molecular flexibility index (Phi) is 4.33. The van der Waals surface area contributed by atoms with Crippen LogP contribution in [-0.2, 0) is 13.1 Å². The van der Waals surface area contributed by atoms with Gasteiger partial charge in [0.2, 0.25) is 0 Å². The number of nitrogens with zero attached hydrogens (tertiary/aromatic N) is 2. The van der Waals surface area contributed by atoms with E-state index in [9.17, 15) is 0 Å². The van der Waals surface area contributed by atoms with Crippen LogP contribution in [0.2, 0.25) is 0 Å². The molecule has 0 radical (unpaired) electrons. The third-order valence-electron chi connectivity index (χ3n) is 3.51. The van der Waals surface area contributed by atoms with Crippen LogP contribution in [0.1, 0.15) is 44.9 Å². The fraction of sp³-hybridized carbons (Fsp3) is 0.562. The van der Waals surface area contributed by atoms with Crippen molar-refractivity contribution >= 4 is 27.8 Å². The van der Waals surface area contributed by atoms with Crippen molar-refractivity contribution in [2.75, 3.05) is 4.90 Å². The van der Waals surface area contributed by atoms with Gasteiger partial charge in [-0.2, -0.15) is 11.3 Å². The number of anilines is 1. The van der Waals surface area contributed by atoms with Crippen LogP contribution in [0, 0.1) is 0 Å². The molecule has 2 aromatic heterocycles. The molecule has 1 fully saturated rings. The molecule has 21 heavy (non-hydrogen) atoms. The Hall–Kier alpha value is -0.910. The lowest BCUT2D eigenvalue weighted by Gasteiger charge is -2.21. The molecular weight excluding hydrogens is 298 g/mol. The van der Waals surface area contributed by atoms with Crippen LogP contribution in [0.5, 0.6) is 0 Å². The molecule has 1 N–H and O–H groups in total. The average Bonchev–Trinajstić information content (AvgIpc) is 2.94. The molecule has 3 nitrogen and oxygen atoms in total. The number of nitrogens with one attached hydrogen (secondary N) is 1. The summed E-state index contributed by atoms with van der Waals surface area (Å²) in [6.45, 7) is 8.40. The smallest absolute Gasteiger partial charge is 0.186 e. The Morgan fingerprint density at radius 1 is 1.33 bits per heavy atom. The van der Waals surface area contributed by atoms with Gasteiger partial charge in [0, 0.05) is 30.1 Å². The third kappa shape index (κ3) is 4.28. The van der Waals surface area contributed by atoms with Crippen molar-refractivity contribution in [1.82, 2.24) is 10.3 Å². The molecule has 1 aliphatic carbocycles. The summed E-state index contributed by atoms with van der Waals surface area (Å²) in [5, 5.41) is 11.3. The summed E-state index contributed by atoms with van der Waals surface area (Å²) in [7, 11) is 0. The maximum absolute atomic E-state index is 4.84. The van der Waals surface area contributed by atoms with Gasteiger partial charge in [-0.05, 0) is 56.0 Å². The van der Waals surface area contributed by atoms with Crippen LogP contribution >= 0.6 is 22.7 Å². The summed E-state index contributed by atoms with van der Waals surface area (Å²) in [6.07, 6.45) is 2.61. The highest BCUT2D eigenvalue weighted by molar-refractivity contribution is 7.13. The fourth-order valence-corrected chi connectivity index (χ4v) is 3.74. The summed E-state index contributed by atoms with van der Waals surface area (Å²) in [4.78, 5) is 7.32. The molecule has 0 bridgehead atoms. The molecule has 5 heteroatoms. The van der Waals surface area contributed by atoms with Crippen molar-refractivity contribution < 1.29 is 0 Å². The minimum atomic E-state index is 0.136. The van der Waals surface area contributed by atoms with Crippen molar-refractivity contribution in [2.24, 2.45) is 0 Å². The van der Waals surface area contributed by atoms with E-state index >= 15 is 0 Å². The molecule has 2 heterocycles. The van der Waals surface area contributed by atoms with Gasteiger partial charge in [-0.25, -0.2) is 4.98 Å². The number of rotatable bonds is 6. The van der Waals surface area contributed by atoms with E-state index in [1.54, 1.807) is 22.7 Å². The van der Waals surface area contributed by atoms with Gasteiger partial charge in [0.15, 0.2) is 5.13 Å². The first-order valence-electron chi connectivity index (χ1n) is 7.48. The first-order chi connectivity index (χ1) is 10.0. The van der Waals surface area contributed by atoms with E-state index < -0.39 is 0 Å². The average molecular weight is 322 g/mol. The van der Waals surface area contributed by atoms with E-state index in [2.05, 4.69) is 53.2 Å². The molecular formula is C16H23N3S2. The summed E-state index contributed by atoms with van der Waals surface area (Å²) in [5.41, 5.74) is 2.69. The molecule has 1 aliphatic rings. The van der Waals surface area contributed by atoms with Gasteiger partial charge in [-0.15, -0.1) is 11.3 Å². The fourth-order valence-electron chi connectivity index (χ4n) is 2.18. The second-order valence-electron chi connectivity index (χ2n) is 6.72. The predicted molar refractivity (Wildman–Crippen MR) is 92.2 cm³/mol. The molecule has 3 rings (SSSR count). The monoisotopic (exact) mass is 321 g/mol. The second-order valence-corrected chi connectivity index (χ2v) is 8.33. The van der Waals surface area contributed by atoms with Gasteiger partial charge in [0.25, 0.3) is 0 Å². The van der Waals surface area contributed by atoms with E-state index in [0.717, 1.165) is 18.8 Å². The third-order valence-corrected chi connectivity index (χ3v) is 5.16. The van der Waals surface area contributed by atoms with Crippen LogP contribution in [0.3, 0.4) is 0 Å². The van der Waals surface area contributed by atoms with Gasteiger partial charge in [0.1, 0.15) is 0 Å². The minimum absolute atomic E-state index is 0.136. The molecule has 0 saturated heterocycles. The normalized spacial score (nSPS) is 15.4. The standard InChI is InChI=1S/C16H23N3S2/c1-16(2,3)17-8-13-11-21-15(18-13)19(14-4-5-14)9-12-6-7-20-10-12/h6-7,10-11,14,17H,4-5,8-9H2,1-3H3. The van der Waals surface area contributed by atoms with Gasteiger partial charge in [-0.3, -0.25) is 0 Å². The van der Waals surface area contributed by atoms with E-state index in [4.69, 9.17) is 4.98 Å². The summed E-state index contributed by atoms with van der Waals surface area (Å²) in [6, 6.07) is 2.91. The number of thiophene rings is 1. The zero-order valence-corrected chi connectivity index (χ0v) is 14.6. The maximum Gasteiger partial charge on any atom is 0.186 e. The largest absolute Gasteiger partial charge is 0.341 e. The van der Waals surface area contributed by atoms with Crippen LogP contribution in [0.25, 0.3) is 0 Å². The maximum atomic E-state index is 4.84. The molecule has 1 saturated carbocycles. The van der Waals surface area contributed by atoms with Crippen LogP contribution in [0.15, 0.2) is 22.2 Å². The Morgan fingerprint density at radius 2 is 2.14 bits per heavy atom. The first kappa shape index (κ1) is 15.0. The summed E-state index contributed by atoms with van der Waals surface area (Å²) in [5.74, 6) is 0. The zero-order valence-electron chi connectivity index (χ0n) is 12.9. The van der Waals surface area contributed by atoms with E-state index in [1.165, 1.54) is 23.5 Å². The van der Waals surface area contributed by atoms with Gasteiger partial charge < -0.3 is 10.2 Å². The molecule has 0 unspecified atom stereocenters. The van der Waals surface area contributed by atoms with Crippen molar-refractivity contribution in [3.63, 3.8) is 0 Å². The molecule has 0 spiro atoms. The molecule has 114 valence electrons. The van der Waals surface area contributed by atoms with E-state index in [-0.39, 0.29) is 5.54 Å². The zero-order chi connectivity index (χ0) is 14.9. The number of hydrogen-bond acceptors (Lipinski definition) is 5. The lowest BCUT2D eigenvalue weighted by Crippen LogP contribution is -2.35. The Balaban J connectivity index is 1.67. The van der Waals surface area contributed by atoms with E-state index in [1.807, 2.05) is 0 Å². The lowest BCUT2D eigenvalue weighted by molar-refractivity contribution is 0.422. The number of hydrogen-bond donors (Lipinski definition) is 1. The van der Waals surface area contributed by atoms with Gasteiger partial charge in [-0.1, -0.05) is 0 Å². The Bertz CT molecular complexity index is 565. The van der Waals surface area contributed by atoms with Crippen LogP contribution in [-0.4, -0.2) is 16.6 Å². The molecule has 0 amide bonds. The summed E-state index contributed by atoms with van der Waals surface area (Å²) >= 11 is 3.55. The second kappa shape index (κ2) is 6.07. The molecule has 0 aliphatic heterocycles. The Labute approximate surface area is 135 Å². The highest BCUT2D eigenvalue weighted by Gasteiger charge is 2.31. The molecule has 0 aromatic carbocycles. The molecule has 2 aromatic rings. The highest BCUT2D eigenvalue weighted by Crippen LogP contribution is 2.35. The predicted octanol–water partition coefficient (Wildman–Crippen LogP) is 4.26. The van der Waals surface area contributed by atoms with Crippen molar-refractivity contribution in [3.8, 4) is 0 Å². The van der Waals surface area contributed by atoms with Gasteiger partial charge in [0.05, 0.1) is 5.69 Å². The van der Waals surface area contributed by atoms with Crippen molar-refractivity contribution in [3.05, 3.63) is 33.5 Å². The minimum Gasteiger partial charge on any atom is -0.341 e. The van der Waals surface area contributed by atoms with Gasteiger partial charge >= 0.3 is 0 Å². The quantitative estimate of drug-likeness (QED) is 0.861. The van der Waals surface area contributed by atoms with Crippen LogP contribution < -0.4 is 10.2 Å². The number of aromatic nitrogens is 1. The first-order valence-corrected chi connectivity index (χ1v) is 9.31. The van der Waals surface area contributed by atoms with E-state index in [0.29, 0.717) is 6.04 Å². The topological polar surface area (TPSA) is 28.2 Å². The van der Waals surface area contributed by atoms with Crippen LogP contribution in [0.4, 0.5) is 5.13 Å². The molecule has 0 atom stereocenters. The summed E-state index contributed by atoms with van der Waals surface area (Å²) < 4.78 is 0. The highest BCUT2D eigenvalue weighted by atomic mass is 32.1. The lowest BCUT2D eigenvalue weighted by atomic mass is 10.1. The Morgan fingerprint density at radius 3 is 2.76 bits per heavy atom. The van der Waals surface area contributed by atoms with Crippen molar-refractivity contribution in [1.29, 1.82) is 0 Å². The van der Waals surface area contributed by atoms with Crippen molar-refractivity contribution in [2.45, 2.75) is 58.3 Å². The number of thiazole rings is 1.